The molecule has 0 spiro atoms. The maximum atomic E-state index is 9.72. The fourth-order valence-corrected chi connectivity index (χ4v) is 5.92. The number of hydrogen-bond donors (Lipinski definition) is 0. The molecule has 0 bridgehead atoms. The van der Waals surface area contributed by atoms with E-state index in [4.69, 9.17) is 30.5 Å². The minimum absolute atomic E-state index is 0.492. The molecule has 218 valence electrons. The van der Waals surface area contributed by atoms with E-state index in [0.717, 1.165) is 0 Å². The summed E-state index contributed by atoms with van der Waals surface area (Å²) < 4.78 is 258. The van der Waals surface area contributed by atoms with E-state index in [1.54, 1.807) is 0 Å². The van der Waals surface area contributed by atoms with E-state index in [1.165, 1.54) is 0 Å². The Bertz CT molecular complexity index is 4330. The van der Waals surface area contributed by atoms with E-state index in [-0.39, 0.29) is 0 Å². The number of fused-ring (bicyclic) bond motifs is 8. The van der Waals surface area contributed by atoms with E-state index in [9.17, 15) is 12.3 Å². The number of furan rings is 1. The van der Waals surface area contributed by atoms with Crippen molar-refractivity contribution in [1.29, 1.82) is 0 Å². The second-order valence-electron chi connectivity index (χ2n) is 10.3. The van der Waals surface area contributed by atoms with Gasteiger partial charge in [0.2, 0.25) is 0 Å². The van der Waals surface area contributed by atoms with Gasteiger partial charge in [0.25, 0.3) is 0 Å². The van der Waals surface area contributed by atoms with Crippen molar-refractivity contribution in [2.45, 2.75) is 0 Å². The molecule has 1 nitrogen and oxygen atoms in total. The van der Waals surface area contributed by atoms with Gasteiger partial charge in [-0.1, -0.05) is 145 Å². The highest BCUT2D eigenvalue weighted by Gasteiger charge is 2.20. The Labute approximate surface area is 311 Å². The van der Waals surface area contributed by atoms with Gasteiger partial charge in [0, 0.05) is 10.8 Å². The molecule has 0 saturated carbocycles. The Morgan fingerprint density at radius 1 is 0.340 bits per heavy atom. The first-order valence-electron chi connectivity index (χ1n) is 27.9. The van der Waals surface area contributed by atoms with Gasteiger partial charge in [0.15, 0.2) is 0 Å². The van der Waals surface area contributed by atoms with Crippen LogP contribution in [-0.4, -0.2) is 0 Å². The summed E-state index contributed by atoms with van der Waals surface area (Å²) in [5.41, 5.74) is -5.76. The van der Waals surface area contributed by atoms with Crippen molar-refractivity contribution in [2.24, 2.45) is 0 Å². The lowest BCUT2D eigenvalue weighted by molar-refractivity contribution is 0.669. The molecule has 47 heavy (non-hydrogen) atoms. The number of benzene rings is 9. The van der Waals surface area contributed by atoms with Crippen molar-refractivity contribution in [3.63, 3.8) is 0 Å². The molecule has 10 aromatic rings. The van der Waals surface area contributed by atoms with Crippen molar-refractivity contribution in [3.05, 3.63) is 169 Å². The zero-order chi connectivity index (χ0) is 55.3. The van der Waals surface area contributed by atoms with Crippen LogP contribution >= 0.6 is 0 Å². The first-order chi connectivity index (χ1) is 35.0. The quantitative estimate of drug-likeness (QED) is 0.141. The smallest absolute Gasteiger partial charge is 0.136 e. The average Bonchev–Trinajstić information content (AvgIpc) is 3.79. The van der Waals surface area contributed by atoms with Crippen LogP contribution in [0.5, 0.6) is 0 Å². The summed E-state index contributed by atoms with van der Waals surface area (Å²) in [4.78, 5) is 0. The van der Waals surface area contributed by atoms with Gasteiger partial charge in [-0.25, -0.2) is 0 Å². The zero-order valence-electron chi connectivity index (χ0n) is 51.4. The topological polar surface area (TPSA) is 13.1 Å². The molecule has 9 aromatic carbocycles. The molecule has 0 saturated heterocycles. The van der Waals surface area contributed by atoms with Crippen LogP contribution in [-0.2, 0) is 0 Å². The monoisotopic (exact) mass is 624 g/mol. The summed E-state index contributed by atoms with van der Waals surface area (Å²) >= 11 is 0. The summed E-state index contributed by atoms with van der Waals surface area (Å²) in [6.45, 7) is 0. The van der Waals surface area contributed by atoms with Crippen molar-refractivity contribution in [1.82, 2.24) is 0 Å². The van der Waals surface area contributed by atoms with Crippen LogP contribution < -0.4 is 0 Å². The van der Waals surface area contributed by atoms with E-state index in [2.05, 4.69) is 0 Å². The summed E-state index contributed by atoms with van der Waals surface area (Å²) in [7, 11) is 0. The fourth-order valence-electron chi connectivity index (χ4n) is 5.92. The molecule has 0 atom stereocenters. The second kappa shape index (κ2) is 10.2. The van der Waals surface area contributed by atoms with Gasteiger partial charge < -0.3 is 4.42 Å². The summed E-state index contributed by atoms with van der Waals surface area (Å²) in [6, 6.07) is -25.7. The molecule has 1 heteroatoms. The van der Waals surface area contributed by atoms with Gasteiger partial charge in [-0.05, 0) is 101 Å². The Hall–Kier alpha value is -6.18. The van der Waals surface area contributed by atoms with Gasteiger partial charge in [0.05, 0.1) is 38.4 Å². The highest BCUT2D eigenvalue weighted by Crippen LogP contribution is 2.47. The fraction of sp³-hybridized carbons (Fsp3) is 0. The van der Waals surface area contributed by atoms with Gasteiger partial charge in [-0.15, -0.1) is 0 Å². The van der Waals surface area contributed by atoms with Crippen molar-refractivity contribution < 1.29 is 42.8 Å². The van der Waals surface area contributed by atoms with Crippen molar-refractivity contribution >= 4 is 65.0 Å². The van der Waals surface area contributed by atoms with Crippen LogP contribution in [0.1, 0.15) is 38.4 Å². The van der Waals surface area contributed by atoms with Crippen molar-refractivity contribution in [2.75, 3.05) is 0 Å². The molecule has 0 amide bonds. The zero-order valence-corrected chi connectivity index (χ0v) is 23.4. The Balaban J connectivity index is 1.50. The third-order valence-corrected chi connectivity index (χ3v) is 7.82. The van der Waals surface area contributed by atoms with E-state index in [0.29, 0.717) is 0 Å². The Kier molecular flexibility index (Phi) is 2.31. The summed E-state index contributed by atoms with van der Waals surface area (Å²) in [5.74, 6) is 0. The minimum Gasteiger partial charge on any atom is -0.456 e. The van der Waals surface area contributed by atoms with E-state index >= 15 is 0 Å². The minimum atomic E-state index is -1.01. The van der Waals surface area contributed by atoms with Crippen LogP contribution in [0.15, 0.2) is 174 Å². The molecular weight excluding hydrogens is 569 g/mol. The van der Waals surface area contributed by atoms with Crippen molar-refractivity contribution in [3.8, 4) is 33.4 Å². The molecule has 0 radical (unpaired) electrons. The van der Waals surface area contributed by atoms with Crippen LogP contribution in [0.4, 0.5) is 0 Å². The molecule has 1 aromatic heterocycles. The molecule has 10 rings (SSSR count). The van der Waals surface area contributed by atoms with Crippen LogP contribution in [0.25, 0.3) is 98.4 Å². The standard InChI is InChI=1S/C46H28O/c1-2-13-29(14-3-1)44-35-19-8-10-21-37(35)45(38-22-11-9-20-36(38)44)40-23-12-24-42-46(40)39-26-25-31(28-43(39)47-42)41-27-30-15-4-5-16-32(30)33-17-6-7-18-34(33)41/h1-28H/i1D,2D,3D,4D,5D,6D,7D,8D,9D,10D,11D,12D,13D,14D,15D,16D,17D,18D,19D,20D,21D,22D,23D,24D,25D,26D,27D,28D. The highest BCUT2D eigenvalue weighted by atomic mass is 16.3. The van der Waals surface area contributed by atoms with Crippen LogP contribution in [0.3, 0.4) is 0 Å². The third kappa shape index (κ3) is 3.90. The summed E-state index contributed by atoms with van der Waals surface area (Å²) in [5, 5.41) is -6.23. The Morgan fingerprint density at radius 2 is 0.936 bits per heavy atom. The van der Waals surface area contributed by atoms with Crippen LogP contribution in [0, 0.1) is 0 Å². The molecule has 0 N–H and O–H groups in total. The molecule has 1 heterocycles. The van der Waals surface area contributed by atoms with Gasteiger partial charge in [0.1, 0.15) is 11.2 Å². The lowest BCUT2D eigenvalue weighted by Gasteiger charge is -2.18. The van der Waals surface area contributed by atoms with Gasteiger partial charge in [-0.3, -0.25) is 0 Å². The first kappa shape index (κ1) is 10.7. The molecule has 0 aliphatic rings. The van der Waals surface area contributed by atoms with E-state index in [1.807, 2.05) is 0 Å². The summed E-state index contributed by atoms with van der Waals surface area (Å²) in [6.07, 6.45) is 0. The molecule has 0 aliphatic heterocycles. The van der Waals surface area contributed by atoms with Gasteiger partial charge in [-0.2, -0.15) is 0 Å². The maximum absolute atomic E-state index is 9.72. The normalized spacial score (nSPS) is 20.2. The predicted octanol–water partition coefficient (Wildman–Crippen LogP) is 13.2. The SMILES string of the molecule is [2H]c1c([2H])c([2H])c(-c2c3c([2H])c([2H])c([2H])c([2H])c3c(-c3c([2H])c([2H])c([2H])c4oc5c([2H])c(-c6c([2H])c7c([2H])c([2H])c([2H])c([2H])c7c7c([2H])c([2H])c([2H])c([2H])c67)c([2H])c([2H])c5c34)c3c([2H])c([2H])c([2H])c([2H])c23)c([2H])c1[2H]. The molecule has 0 aliphatic carbocycles. The first-order valence-corrected chi connectivity index (χ1v) is 13.9. The second-order valence-corrected chi connectivity index (χ2v) is 10.3. The van der Waals surface area contributed by atoms with Crippen LogP contribution in [0.2, 0.25) is 0 Å². The lowest BCUT2D eigenvalue weighted by atomic mass is 9.85. The molecular formula is C46H28O. The number of hydrogen-bond acceptors (Lipinski definition) is 1. The molecule has 0 fully saturated rings. The predicted molar refractivity (Wildman–Crippen MR) is 200 cm³/mol. The average molecular weight is 625 g/mol. The number of rotatable bonds is 3. The third-order valence-electron chi connectivity index (χ3n) is 7.82. The largest absolute Gasteiger partial charge is 0.456 e. The Morgan fingerprint density at radius 3 is 1.66 bits per heavy atom. The molecule has 0 unspecified atom stereocenters. The lowest BCUT2D eigenvalue weighted by Crippen LogP contribution is -1.91. The highest BCUT2D eigenvalue weighted by molar-refractivity contribution is 6.26. The van der Waals surface area contributed by atoms with E-state index < -0.39 is 268 Å². The maximum Gasteiger partial charge on any atom is 0.136 e. The van der Waals surface area contributed by atoms with Gasteiger partial charge >= 0.3 is 0 Å².